The molecular weight excluding hydrogens is 348 g/mol. The van der Waals surface area contributed by atoms with Crippen LogP contribution >= 0.6 is 0 Å². The van der Waals surface area contributed by atoms with Crippen LogP contribution in [-0.4, -0.2) is 35.5 Å². The summed E-state index contributed by atoms with van der Waals surface area (Å²) >= 11 is 0. The van der Waals surface area contributed by atoms with E-state index in [4.69, 9.17) is 14.2 Å². The molecular formula is C21H30O6. The van der Waals surface area contributed by atoms with E-state index in [2.05, 4.69) is 20.8 Å². The zero-order valence-electron chi connectivity index (χ0n) is 16.7. The Labute approximate surface area is 160 Å². The van der Waals surface area contributed by atoms with E-state index in [1.165, 1.54) is 13.3 Å². The Balaban J connectivity index is 1.84. The van der Waals surface area contributed by atoms with Crippen LogP contribution in [0.2, 0.25) is 0 Å². The van der Waals surface area contributed by atoms with Crippen molar-refractivity contribution in [2.75, 3.05) is 0 Å². The number of Topliss-reactive ketones (excluding diaryl/α,β-unsaturated/α-hetero) is 1. The van der Waals surface area contributed by atoms with Gasteiger partial charge in [-0.05, 0) is 30.6 Å². The first kappa shape index (κ1) is 20.1. The van der Waals surface area contributed by atoms with Crippen LogP contribution in [0, 0.1) is 17.8 Å². The van der Waals surface area contributed by atoms with Crippen molar-refractivity contribution in [3.8, 4) is 0 Å². The number of esters is 2. The van der Waals surface area contributed by atoms with E-state index in [-0.39, 0.29) is 24.1 Å². The molecule has 5 atom stereocenters. The highest BCUT2D eigenvalue weighted by Gasteiger charge is 2.52. The summed E-state index contributed by atoms with van der Waals surface area (Å²) in [6, 6.07) is 0. The molecule has 1 aliphatic heterocycles. The highest BCUT2D eigenvalue weighted by atomic mass is 16.6. The van der Waals surface area contributed by atoms with E-state index in [1.54, 1.807) is 6.08 Å². The van der Waals surface area contributed by atoms with Crippen molar-refractivity contribution in [2.45, 2.75) is 84.0 Å². The van der Waals surface area contributed by atoms with Gasteiger partial charge in [0.25, 0.3) is 0 Å². The van der Waals surface area contributed by atoms with E-state index < -0.39 is 23.6 Å². The summed E-state index contributed by atoms with van der Waals surface area (Å²) in [6.45, 7) is 7.87. The molecule has 3 rings (SSSR count). The Bertz CT molecular complexity index is 651. The fourth-order valence-electron chi connectivity index (χ4n) is 4.66. The zero-order chi connectivity index (χ0) is 19.8. The molecule has 0 aromatic carbocycles. The number of carbonyl (C=O) groups excluding carboxylic acids is 3. The average Bonchev–Trinajstić information content (AvgIpc) is 2.87. The van der Waals surface area contributed by atoms with Crippen molar-refractivity contribution in [3.05, 3.63) is 11.8 Å². The normalized spacial score (nSPS) is 36.7. The van der Waals surface area contributed by atoms with E-state index in [1.807, 2.05) is 0 Å². The van der Waals surface area contributed by atoms with Crippen LogP contribution in [0.1, 0.15) is 66.2 Å². The van der Waals surface area contributed by atoms with Crippen LogP contribution in [-0.2, 0) is 28.6 Å². The number of hydrogen-bond acceptors (Lipinski definition) is 6. The number of hydrogen-bond donors (Lipinski definition) is 0. The van der Waals surface area contributed by atoms with Crippen LogP contribution in [0.25, 0.3) is 0 Å². The number of rotatable bonds is 4. The van der Waals surface area contributed by atoms with Crippen LogP contribution in [0.3, 0.4) is 0 Å². The Morgan fingerprint density at radius 2 is 2.04 bits per heavy atom. The van der Waals surface area contributed by atoms with Gasteiger partial charge < -0.3 is 14.2 Å². The predicted molar refractivity (Wildman–Crippen MR) is 97.5 cm³/mol. The molecule has 0 N–H and O–H groups in total. The van der Waals surface area contributed by atoms with Crippen LogP contribution in [0.15, 0.2) is 11.8 Å². The van der Waals surface area contributed by atoms with E-state index in [0.29, 0.717) is 30.6 Å². The second-order valence-electron chi connectivity index (χ2n) is 8.68. The van der Waals surface area contributed by atoms with Gasteiger partial charge in [0, 0.05) is 32.3 Å². The number of ether oxygens (including phenoxy) is 3. The van der Waals surface area contributed by atoms with Gasteiger partial charge >= 0.3 is 11.9 Å². The average molecular weight is 378 g/mol. The van der Waals surface area contributed by atoms with Crippen LogP contribution in [0.4, 0.5) is 0 Å². The SMILES string of the molecule is CC(=O)OC1=C[C@]2(CCC(=O)C[C@@H]2O[C@@H]2C[C@H](C)CC[C@@H]2C(C)C)OC1=O. The number of ketones is 1. The first-order valence-electron chi connectivity index (χ1n) is 10.0. The van der Waals surface area contributed by atoms with Gasteiger partial charge in [-0.3, -0.25) is 9.59 Å². The minimum atomic E-state index is -1.02. The van der Waals surface area contributed by atoms with Gasteiger partial charge in [0.1, 0.15) is 11.9 Å². The zero-order valence-corrected chi connectivity index (χ0v) is 16.7. The first-order chi connectivity index (χ1) is 12.7. The summed E-state index contributed by atoms with van der Waals surface area (Å²) in [4.78, 5) is 35.6. The summed E-state index contributed by atoms with van der Waals surface area (Å²) < 4.78 is 17.1. The molecule has 2 saturated carbocycles. The molecule has 2 fully saturated rings. The Hall–Kier alpha value is -1.69. The van der Waals surface area contributed by atoms with Gasteiger partial charge in [0.15, 0.2) is 5.60 Å². The molecule has 1 heterocycles. The lowest BCUT2D eigenvalue weighted by atomic mass is 9.74. The maximum absolute atomic E-state index is 12.2. The predicted octanol–water partition coefficient (Wildman–Crippen LogP) is 3.33. The summed E-state index contributed by atoms with van der Waals surface area (Å²) in [5.41, 5.74) is -1.02. The lowest BCUT2D eigenvalue weighted by Crippen LogP contribution is -2.51. The van der Waals surface area contributed by atoms with Gasteiger partial charge in [-0.15, -0.1) is 0 Å². The minimum absolute atomic E-state index is 0.0337. The molecule has 6 heteroatoms. The summed E-state index contributed by atoms with van der Waals surface area (Å²) in [7, 11) is 0. The third-order valence-corrected chi connectivity index (χ3v) is 6.17. The van der Waals surface area contributed by atoms with Crippen LogP contribution in [0.5, 0.6) is 0 Å². The molecule has 0 aromatic heterocycles. The van der Waals surface area contributed by atoms with Gasteiger partial charge in [-0.25, -0.2) is 4.79 Å². The van der Waals surface area contributed by atoms with Crippen LogP contribution < -0.4 is 0 Å². The monoisotopic (exact) mass is 378 g/mol. The van der Waals surface area contributed by atoms with E-state index >= 15 is 0 Å². The lowest BCUT2D eigenvalue weighted by Gasteiger charge is -2.44. The molecule has 0 radical (unpaired) electrons. The van der Waals surface area contributed by atoms with Crippen molar-refractivity contribution in [1.82, 2.24) is 0 Å². The van der Waals surface area contributed by atoms with Crippen molar-refractivity contribution < 1.29 is 28.6 Å². The highest BCUT2D eigenvalue weighted by Crippen LogP contribution is 2.43. The molecule has 1 spiro atoms. The molecule has 0 unspecified atom stereocenters. The maximum atomic E-state index is 12.2. The highest BCUT2D eigenvalue weighted by molar-refractivity contribution is 5.92. The summed E-state index contributed by atoms with van der Waals surface area (Å²) in [5.74, 6) is 0.258. The third kappa shape index (κ3) is 4.26. The molecule has 3 aliphatic rings. The number of carbonyl (C=O) groups is 3. The summed E-state index contributed by atoms with van der Waals surface area (Å²) in [6.07, 6.45) is 5.19. The fourth-order valence-corrected chi connectivity index (χ4v) is 4.66. The first-order valence-corrected chi connectivity index (χ1v) is 10.0. The molecule has 150 valence electrons. The topological polar surface area (TPSA) is 78.9 Å². The van der Waals surface area contributed by atoms with Gasteiger partial charge in [0.05, 0.1) is 6.10 Å². The van der Waals surface area contributed by atoms with Crippen molar-refractivity contribution >= 4 is 17.7 Å². The molecule has 0 aromatic rings. The molecule has 27 heavy (non-hydrogen) atoms. The Morgan fingerprint density at radius 3 is 2.70 bits per heavy atom. The van der Waals surface area contributed by atoms with Crippen molar-refractivity contribution in [1.29, 1.82) is 0 Å². The smallest absolute Gasteiger partial charge is 0.375 e. The molecule has 6 nitrogen and oxygen atoms in total. The maximum Gasteiger partial charge on any atom is 0.375 e. The van der Waals surface area contributed by atoms with Crippen molar-refractivity contribution in [3.63, 3.8) is 0 Å². The quantitative estimate of drug-likeness (QED) is 0.698. The Morgan fingerprint density at radius 1 is 1.30 bits per heavy atom. The minimum Gasteiger partial charge on any atom is -0.446 e. The largest absolute Gasteiger partial charge is 0.446 e. The molecule has 0 amide bonds. The molecule has 0 saturated heterocycles. The van der Waals surface area contributed by atoms with E-state index in [9.17, 15) is 14.4 Å². The van der Waals surface area contributed by atoms with Crippen molar-refractivity contribution in [2.24, 2.45) is 17.8 Å². The second-order valence-corrected chi connectivity index (χ2v) is 8.68. The van der Waals surface area contributed by atoms with E-state index in [0.717, 1.165) is 12.8 Å². The molecule has 0 bridgehead atoms. The summed E-state index contributed by atoms with van der Waals surface area (Å²) in [5, 5.41) is 0. The van der Waals surface area contributed by atoms with Gasteiger partial charge in [-0.2, -0.15) is 0 Å². The van der Waals surface area contributed by atoms with Gasteiger partial charge in [-0.1, -0.05) is 27.2 Å². The fraction of sp³-hybridized carbons (Fsp3) is 0.762. The molecule has 2 aliphatic carbocycles. The second kappa shape index (κ2) is 7.74. The standard InChI is InChI=1S/C21H30O6/c1-12(2)16-6-5-13(3)9-17(16)26-19-10-15(23)7-8-21(19)11-18(20(24)27-21)25-14(4)22/h11-13,16-17,19H,5-10H2,1-4H3/t13-,16-,17-,19+,21+/m1/s1. The Kier molecular flexibility index (Phi) is 5.75. The third-order valence-electron chi connectivity index (χ3n) is 6.17. The van der Waals surface area contributed by atoms with Gasteiger partial charge in [0.2, 0.25) is 5.76 Å². The lowest BCUT2D eigenvalue weighted by molar-refractivity contribution is -0.186.